The van der Waals surface area contributed by atoms with Gasteiger partial charge < -0.3 is 23.4 Å². The first-order valence-electron chi connectivity index (χ1n) is 6.92. The summed E-state index contributed by atoms with van der Waals surface area (Å²) in [6, 6.07) is 9.22. The fraction of sp³-hybridized carbons (Fsp3) is 0. The Bertz CT molecular complexity index is 840. The van der Waals surface area contributed by atoms with Crippen molar-refractivity contribution in [1.29, 1.82) is 0 Å². The number of aromatic carboxylic acids is 1. The van der Waals surface area contributed by atoms with Gasteiger partial charge in [0.2, 0.25) is 11.5 Å². The van der Waals surface area contributed by atoms with Crippen LogP contribution in [0.3, 0.4) is 0 Å². The molecule has 126 valence electrons. The van der Waals surface area contributed by atoms with Crippen LogP contribution < -0.4 is 9.47 Å². The van der Waals surface area contributed by atoms with Crippen molar-refractivity contribution in [3.63, 3.8) is 0 Å². The zero-order chi connectivity index (χ0) is 17.8. The standard InChI is InChI=1S/C17H10O8/c18-15(19)10-7-11(24-16(20)13-3-1-5-22-13)9-12(8-10)25-17(21)14-4-2-6-23-14/h1-9H,(H,18,19). The molecule has 0 unspecified atom stereocenters. The van der Waals surface area contributed by atoms with Crippen molar-refractivity contribution in [1.82, 2.24) is 0 Å². The van der Waals surface area contributed by atoms with Crippen LogP contribution >= 0.6 is 0 Å². The van der Waals surface area contributed by atoms with Crippen LogP contribution in [0, 0.1) is 0 Å². The summed E-state index contributed by atoms with van der Waals surface area (Å²) in [5.41, 5.74) is -0.230. The van der Waals surface area contributed by atoms with Crippen molar-refractivity contribution >= 4 is 17.9 Å². The zero-order valence-corrected chi connectivity index (χ0v) is 12.5. The van der Waals surface area contributed by atoms with Crippen molar-refractivity contribution < 1.29 is 37.8 Å². The molecule has 0 bridgehead atoms. The lowest BCUT2D eigenvalue weighted by Gasteiger charge is -2.08. The first-order valence-corrected chi connectivity index (χ1v) is 6.92. The summed E-state index contributed by atoms with van der Waals surface area (Å²) >= 11 is 0. The number of ether oxygens (including phenoxy) is 2. The Morgan fingerprint density at radius 2 is 1.28 bits per heavy atom. The lowest BCUT2D eigenvalue weighted by Crippen LogP contribution is -2.10. The SMILES string of the molecule is O=C(O)c1cc(OC(=O)c2ccco2)cc(OC(=O)c2ccco2)c1. The molecule has 0 amide bonds. The minimum Gasteiger partial charge on any atom is -0.478 e. The van der Waals surface area contributed by atoms with Crippen LogP contribution in [0.4, 0.5) is 0 Å². The van der Waals surface area contributed by atoms with E-state index in [1.807, 2.05) is 0 Å². The largest absolute Gasteiger partial charge is 0.478 e. The Morgan fingerprint density at radius 1 is 0.800 bits per heavy atom. The number of benzene rings is 1. The van der Waals surface area contributed by atoms with E-state index in [4.69, 9.17) is 23.4 Å². The van der Waals surface area contributed by atoms with Crippen LogP contribution in [0.1, 0.15) is 31.5 Å². The quantitative estimate of drug-likeness (QED) is 0.555. The van der Waals surface area contributed by atoms with E-state index in [0.717, 1.165) is 12.1 Å². The first kappa shape index (κ1) is 16.1. The predicted molar refractivity (Wildman–Crippen MR) is 80.7 cm³/mol. The Morgan fingerprint density at radius 3 is 1.64 bits per heavy atom. The van der Waals surface area contributed by atoms with Crippen molar-refractivity contribution in [3.05, 3.63) is 72.1 Å². The lowest BCUT2D eigenvalue weighted by atomic mass is 10.2. The van der Waals surface area contributed by atoms with E-state index in [9.17, 15) is 14.4 Å². The zero-order valence-electron chi connectivity index (χ0n) is 12.5. The van der Waals surface area contributed by atoms with E-state index in [1.54, 1.807) is 0 Å². The topological polar surface area (TPSA) is 116 Å². The molecule has 0 saturated heterocycles. The van der Waals surface area contributed by atoms with Crippen LogP contribution in [0.15, 0.2) is 63.8 Å². The minimum atomic E-state index is -1.29. The fourth-order valence-corrected chi connectivity index (χ4v) is 1.92. The highest BCUT2D eigenvalue weighted by molar-refractivity contribution is 5.92. The van der Waals surface area contributed by atoms with Gasteiger partial charge in [-0.15, -0.1) is 0 Å². The van der Waals surface area contributed by atoms with Gasteiger partial charge in [0.05, 0.1) is 18.1 Å². The number of esters is 2. The molecule has 8 heteroatoms. The highest BCUT2D eigenvalue weighted by atomic mass is 16.6. The Balaban J connectivity index is 1.85. The van der Waals surface area contributed by atoms with Gasteiger partial charge in [-0.25, -0.2) is 14.4 Å². The molecule has 0 spiro atoms. The second-order valence-electron chi connectivity index (χ2n) is 4.73. The summed E-state index contributed by atoms with van der Waals surface area (Å²) in [5, 5.41) is 9.15. The smallest absolute Gasteiger partial charge is 0.379 e. The van der Waals surface area contributed by atoms with Gasteiger partial charge in [-0.05, 0) is 36.4 Å². The normalized spacial score (nSPS) is 10.2. The number of carboxylic acids is 1. The number of carboxylic acid groups (broad SMARTS) is 1. The van der Waals surface area contributed by atoms with Crippen molar-refractivity contribution in [2.45, 2.75) is 0 Å². The molecule has 0 saturated carbocycles. The number of carbonyl (C=O) groups is 3. The summed E-state index contributed by atoms with van der Waals surface area (Å²) in [7, 11) is 0. The number of rotatable bonds is 5. The third-order valence-electron chi connectivity index (χ3n) is 2.99. The third-order valence-corrected chi connectivity index (χ3v) is 2.99. The van der Waals surface area contributed by atoms with E-state index in [2.05, 4.69) is 0 Å². The second-order valence-corrected chi connectivity index (χ2v) is 4.73. The molecular formula is C17H10O8. The molecule has 8 nitrogen and oxygen atoms in total. The molecule has 2 heterocycles. The summed E-state index contributed by atoms with van der Waals surface area (Å²) in [4.78, 5) is 35.0. The third kappa shape index (κ3) is 3.75. The molecule has 3 aromatic rings. The average molecular weight is 342 g/mol. The molecule has 0 atom stereocenters. The fourth-order valence-electron chi connectivity index (χ4n) is 1.92. The van der Waals surface area contributed by atoms with E-state index in [0.29, 0.717) is 0 Å². The van der Waals surface area contributed by atoms with Crippen LogP contribution in [0.2, 0.25) is 0 Å². The maximum absolute atomic E-state index is 11.9. The van der Waals surface area contributed by atoms with Gasteiger partial charge in [-0.2, -0.15) is 0 Å². The Hall–Kier alpha value is -3.81. The van der Waals surface area contributed by atoms with E-state index >= 15 is 0 Å². The van der Waals surface area contributed by atoms with E-state index in [-0.39, 0.29) is 28.6 Å². The summed E-state index contributed by atoms with van der Waals surface area (Å²) in [6.07, 6.45) is 2.58. The van der Waals surface area contributed by atoms with Crippen LogP contribution in [-0.4, -0.2) is 23.0 Å². The van der Waals surface area contributed by atoms with Crippen molar-refractivity contribution in [3.8, 4) is 11.5 Å². The number of hydrogen-bond donors (Lipinski definition) is 1. The molecule has 2 aromatic heterocycles. The molecule has 0 fully saturated rings. The molecule has 1 aromatic carbocycles. The van der Waals surface area contributed by atoms with Gasteiger partial charge in [0.25, 0.3) is 0 Å². The number of furan rings is 2. The maximum Gasteiger partial charge on any atom is 0.379 e. The molecule has 0 aliphatic heterocycles. The van der Waals surface area contributed by atoms with Gasteiger partial charge >= 0.3 is 17.9 Å². The highest BCUT2D eigenvalue weighted by Gasteiger charge is 2.17. The van der Waals surface area contributed by atoms with Crippen molar-refractivity contribution in [2.75, 3.05) is 0 Å². The predicted octanol–water partition coefficient (Wildman–Crippen LogP) is 3.01. The van der Waals surface area contributed by atoms with Gasteiger partial charge in [-0.1, -0.05) is 0 Å². The Labute approximate surface area is 140 Å². The average Bonchev–Trinajstić information content (AvgIpc) is 3.28. The highest BCUT2D eigenvalue weighted by Crippen LogP contribution is 2.25. The van der Waals surface area contributed by atoms with Gasteiger partial charge in [0.1, 0.15) is 11.5 Å². The summed E-state index contributed by atoms with van der Waals surface area (Å²) in [5.74, 6) is -3.30. The van der Waals surface area contributed by atoms with Gasteiger partial charge in [0, 0.05) is 6.07 Å². The molecule has 0 aliphatic carbocycles. The minimum absolute atomic E-state index is 0.0603. The van der Waals surface area contributed by atoms with Crippen LogP contribution in [0.5, 0.6) is 11.5 Å². The van der Waals surface area contributed by atoms with Gasteiger partial charge in [-0.3, -0.25) is 0 Å². The molecule has 0 radical (unpaired) electrons. The van der Waals surface area contributed by atoms with Crippen molar-refractivity contribution in [2.24, 2.45) is 0 Å². The number of hydrogen-bond acceptors (Lipinski definition) is 7. The van der Waals surface area contributed by atoms with E-state index < -0.39 is 17.9 Å². The first-order chi connectivity index (χ1) is 12.0. The molecule has 25 heavy (non-hydrogen) atoms. The Kier molecular flexibility index (Phi) is 4.34. The lowest BCUT2D eigenvalue weighted by molar-refractivity contribution is 0.0668. The summed E-state index contributed by atoms with van der Waals surface area (Å²) in [6.45, 7) is 0. The molecule has 0 aliphatic rings. The second kappa shape index (κ2) is 6.75. The van der Waals surface area contributed by atoms with Crippen LogP contribution in [0.25, 0.3) is 0 Å². The van der Waals surface area contributed by atoms with Crippen LogP contribution in [-0.2, 0) is 0 Å². The monoisotopic (exact) mass is 342 g/mol. The van der Waals surface area contributed by atoms with Gasteiger partial charge in [0.15, 0.2) is 0 Å². The van der Waals surface area contributed by atoms with E-state index in [1.165, 1.54) is 42.9 Å². The summed E-state index contributed by atoms with van der Waals surface area (Å²) < 4.78 is 19.9. The number of carbonyl (C=O) groups excluding carboxylic acids is 2. The molecule has 3 rings (SSSR count). The maximum atomic E-state index is 11.9. The molecule has 1 N–H and O–H groups in total. The molecular weight excluding hydrogens is 332 g/mol.